The van der Waals surface area contributed by atoms with Crippen molar-refractivity contribution in [2.24, 2.45) is 0 Å². The van der Waals surface area contributed by atoms with Crippen molar-refractivity contribution >= 4 is 0 Å². The maximum absolute atomic E-state index is 5.49. The number of hydrogen-bond acceptors (Lipinski definition) is 4. The summed E-state index contributed by atoms with van der Waals surface area (Å²) >= 11 is 0. The molecule has 4 heteroatoms. The van der Waals surface area contributed by atoms with E-state index in [1.807, 2.05) is 13.8 Å². The highest BCUT2D eigenvalue weighted by molar-refractivity contribution is 4.73. The molecular formula is C16H36N2O2. The quantitative estimate of drug-likeness (QED) is 0.498. The van der Waals surface area contributed by atoms with Crippen LogP contribution >= 0.6 is 0 Å². The Hall–Kier alpha value is -0.160. The Labute approximate surface area is 126 Å². The van der Waals surface area contributed by atoms with Crippen LogP contribution in [0.25, 0.3) is 0 Å². The van der Waals surface area contributed by atoms with E-state index in [-0.39, 0.29) is 0 Å². The van der Waals surface area contributed by atoms with Crippen molar-refractivity contribution in [1.29, 1.82) is 0 Å². The van der Waals surface area contributed by atoms with Crippen LogP contribution in [-0.4, -0.2) is 63.0 Å². The van der Waals surface area contributed by atoms with Gasteiger partial charge in [0.25, 0.3) is 0 Å². The molecule has 0 spiro atoms. The number of ether oxygens (including phenoxy) is 2. The van der Waals surface area contributed by atoms with Gasteiger partial charge in [-0.15, -0.1) is 0 Å². The van der Waals surface area contributed by atoms with E-state index in [4.69, 9.17) is 9.47 Å². The standard InChI is InChI=1S/C16H36N2O2/c1-6-9-17-15(4)14-16(5)18(10-12-19-7-2)11-13-20-8-3/h15-17H,6-14H2,1-5H3. The Bertz CT molecular complexity index is 193. The zero-order valence-corrected chi connectivity index (χ0v) is 14.3. The molecule has 20 heavy (non-hydrogen) atoms. The van der Waals surface area contributed by atoms with Gasteiger partial charge >= 0.3 is 0 Å². The molecule has 0 aliphatic carbocycles. The largest absolute Gasteiger partial charge is 0.380 e. The molecule has 0 saturated carbocycles. The number of nitrogens with zero attached hydrogens (tertiary/aromatic N) is 1. The Balaban J connectivity index is 4.11. The lowest BCUT2D eigenvalue weighted by Crippen LogP contribution is -2.42. The van der Waals surface area contributed by atoms with Crippen LogP contribution in [0.1, 0.15) is 47.5 Å². The highest BCUT2D eigenvalue weighted by Gasteiger charge is 2.16. The lowest BCUT2D eigenvalue weighted by atomic mass is 10.1. The topological polar surface area (TPSA) is 33.7 Å². The average Bonchev–Trinajstić information content (AvgIpc) is 2.43. The minimum absolute atomic E-state index is 0.551. The maximum Gasteiger partial charge on any atom is 0.0593 e. The normalized spacial score (nSPS) is 14.7. The van der Waals surface area contributed by atoms with Gasteiger partial charge < -0.3 is 14.8 Å². The Kier molecular flexibility index (Phi) is 13.7. The summed E-state index contributed by atoms with van der Waals surface area (Å²) in [6.45, 7) is 17.2. The number of rotatable bonds is 14. The zero-order valence-electron chi connectivity index (χ0n) is 14.3. The van der Waals surface area contributed by atoms with Crippen LogP contribution in [-0.2, 0) is 9.47 Å². The first-order valence-electron chi connectivity index (χ1n) is 8.28. The monoisotopic (exact) mass is 288 g/mol. The van der Waals surface area contributed by atoms with Crippen LogP contribution in [0.15, 0.2) is 0 Å². The molecule has 1 N–H and O–H groups in total. The van der Waals surface area contributed by atoms with Crippen LogP contribution in [0, 0.1) is 0 Å². The smallest absolute Gasteiger partial charge is 0.0593 e. The van der Waals surface area contributed by atoms with E-state index in [2.05, 4.69) is 31.0 Å². The Morgan fingerprint density at radius 2 is 1.50 bits per heavy atom. The molecule has 0 aromatic rings. The Morgan fingerprint density at radius 3 is 1.95 bits per heavy atom. The number of hydrogen-bond donors (Lipinski definition) is 1. The van der Waals surface area contributed by atoms with Crippen LogP contribution in [0.2, 0.25) is 0 Å². The fourth-order valence-corrected chi connectivity index (χ4v) is 2.34. The molecular weight excluding hydrogens is 252 g/mol. The SMILES string of the molecule is CCCNC(C)CC(C)N(CCOCC)CCOCC. The van der Waals surface area contributed by atoms with Crippen molar-refractivity contribution in [3.8, 4) is 0 Å². The first kappa shape index (κ1) is 19.8. The van der Waals surface area contributed by atoms with Crippen molar-refractivity contribution in [2.45, 2.75) is 59.5 Å². The first-order valence-corrected chi connectivity index (χ1v) is 8.28. The second-order valence-electron chi connectivity index (χ2n) is 5.37. The minimum atomic E-state index is 0.551. The summed E-state index contributed by atoms with van der Waals surface area (Å²) in [5, 5.41) is 3.56. The van der Waals surface area contributed by atoms with Crippen LogP contribution in [0.3, 0.4) is 0 Å². The zero-order chi connectivity index (χ0) is 15.2. The summed E-state index contributed by atoms with van der Waals surface area (Å²) in [6, 6.07) is 1.11. The first-order chi connectivity index (χ1) is 9.65. The molecule has 0 saturated heterocycles. The second-order valence-corrected chi connectivity index (χ2v) is 5.37. The average molecular weight is 288 g/mol. The molecule has 0 amide bonds. The summed E-state index contributed by atoms with van der Waals surface area (Å²) in [5.74, 6) is 0. The lowest BCUT2D eigenvalue weighted by molar-refractivity contribution is 0.0624. The maximum atomic E-state index is 5.49. The molecule has 0 rings (SSSR count). The molecule has 0 aliphatic rings. The van der Waals surface area contributed by atoms with E-state index in [1.54, 1.807) is 0 Å². The van der Waals surface area contributed by atoms with E-state index in [0.29, 0.717) is 12.1 Å². The highest BCUT2D eigenvalue weighted by atomic mass is 16.5. The predicted octanol–water partition coefficient (Wildman–Crippen LogP) is 2.53. The van der Waals surface area contributed by atoms with Gasteiger partial charge in [-0.25, -0.2) is 0 Å². The molecule has 0 aliphatic heterocycles. The van der Waals surface area contributed by atoms with Crippen LogP contribution in [0.4, 0.5) is 0 Å². The van der Waals surface area contributed by atoms with Gasteiger partial charge in [-0.2, -0.15) is 0 Å². The molecule has 0 bridgehead atoms. The predicted molar refractivity (Wildman–Crippen MR) is 86.4 cm³/mol. The third-order valence-electron chi connectivity index (χ3n) is 3.51. The third-order valence-corrected chi connectivity index (χ3v) is 3.51. The van der Waals surface area contributed by atoms with Gasteiger partial charge in [0.1, 0.15) is 0 Å². The third kappa shape index (κ3) is 10.6. The van der Waals surface area contributed by atoms with Crippen molar-refractivity contribution < 1.29 is 9.47 Å². The van der Waals surface area contributed by atoms with Gasteiger partial charge in [0.15, 0.2) is 0 Å². The van der Waals surface area contributed by atoms with Crippen molar-refractivity contribution in [1.82, 2.24) is 10.2 Å². The number of nitrogens with one attached hydrogen (secondary N) is 1. The Morgan fingerprint density at radius 1 is 0.950 bits per heavy atom. The fourth-order valence-electron chi connectivity index (χ4n) is 2.34. The molecule has 2 atom stereocenters. The van der Waals surface area contributed by atoms with E-state index in [1.165, 1.54) is 6.42 Å². The fraction of sp³-hybridized carbons (Fsp3) is 1.00. The molecule has 0 heterocycles. The van der Waals surface area contributed by atoms with E-state index < -0.39 is 0 Å². The molecule has 0 aromatic heterocycles. The van der Waals surface area contributed by atoms with Crippen molar-refractivity contribution in [2.75, 3.05) is 46.1 Å². The molecule has 4 nitrogen and oxygen atoms in total. The second kappa shape index (κ2) is 13.8. The molecule has 0 radical (unpaired) electrons. The lowest BCUT2D eigenvalue weighted by Gasteiger charge is -2.31. The van der Waals surface area contributed by atoms with Gasteiger partial charge in [0.2, 0.25) is 0 Å². The molecule has 122 valence electrons. The molecule has 0 aromatic carbocycles. The van der Waals surface area contributed by atoms with Gasteiger partial charge in [-0.3, -0.25) is 4.90 Å². The van der Waals surface area contributed by atoms with E-state index >= 15 is 0 Å². The van der Waals surface area contributed by atoms with Crippen LogP contribution in [0.5, 0.6) is 0 Å². The van der Waals surface area contributed by atoms with Gasteiger partial charge in [-0.1, -0.05) is 6.92 Å². The van der Waals surface area contributed by atoms with E-state index in [0.717, 1.165) is 52.5 Å². The van der Waals surface area contributed by atoms with Crippen molar-refractivity contribution in [3.63, 3.8) is 0 Å². The highest BCUT2D eigenvalue weighted by Crippen LogP contribution is 2.07. The van der Waals surface area contributed by atoms with Crippen LogP contribution < -0.4 is 5.32 Å². The van der Waals surface area contributed by atoms with Gasteiger partial charge in [0.05, 0.1) is 13.2 Å². The summed E-state index contributed by atoms with van der Waals surface area (Å²) < 4.78 is 11.0. The van der Waals surface area contributed by atoms with Gasteiger partial charge in [-0.05, 0) is 47.1 Å². The van der Waals surface area contributed by atoms with Gasteiger partial charge in [0, 0.05) is 38.4 Å². The summed E-state index contributed by atoms with van der Waals surface area (Å²) in [6.07, 6.45) is 2.36. The summed E-state index contributed by atoms with van der Waals surface area (Å²) in [5.41, 5.74) is 0. The minimum Gasteiger partial charge on any atom is -0.380 e. The molecule has 2 unspecified atom stereocenters. The molecule has 0 fully saturated rings. The summed E-state index contributed by atoms with van der Waals surface area (Å²) in [4.78, 5) is 2.48. The van der Waals surface area contributed by atoms with Crippen molar-refractivity contribution in [3.05, 3.63) is 0 Å². The van der Waals surface area contributed by atoms with E-state index in [9.17, 15) is 0 Å². The summed E-state index contributed by atoms with van der Waals surface area (Å²) in [7, 11) is 0.